The van der Waals surface area contributed by atoms with Crippen molar-refractivity contribution in [1.82, 2.24) is 9.71 Å². The van der Waals surface area contributed by atoms with E-state index in [0.29, 0.717) is 17.1 Å². The van der Waals surface area contributed by atoms with E-state index in [1.165, 1.54) is 11.3 Å². The molecule has 2 heterocycles. The molecule has 1 N–H and O–H groups in total. The van der Waals surface area contributed by atoms with Crippen molar-refractivity contribution < 1.29 is 17.9 Å². The number of thiazole rings is 1. The molecular formula is C19H18N2O4S2. The SMILES string of the molecule is Cc1nc(-c2ccc(C)c(S(=O)(=O)NCc3ccc4c(c3)OCO4)c2)cs1. The summed E-state index contributed by atoms with van der Waals surface area (Å²) in [6.07, 6.45) is 0. The van der Waals surface area contributed by atoms with Crippen LogP contribution in [0.4, 0.5) is 0 Å². The molecule has 0 radical (unpaired) electrons. The van der Waals surface area contributed by atoms with Crippen LogP contribution in [0.5, 0.6) is 11.5 Å². The fourth-order valence-electron chi connectivity index (χ4n) is 2.85. The zero-order valence-corrected chi connectivity index (χ0v) is 16.5. The van der Waals surface area contributed by atoms with E-state index in [2.05, 4.69) is 9.71 Å². The molecule has 0 amide bonds. The van der Waals surface area contributed by atoms with Gasteiger partial charge in [-0.1, -0.05) is 18.2 Å². The number of fused-ring (bicyclic) bond motifs is 1. The summed E-state index contributed by atoms with van der Waals surface area (Å²) in [5.41, 5.74) is 3.05. The molecule has 3 aromatic rings. The van der Waals surface area contributed by atoms with E-state index >= 15 is 0 Å². The zero-order chi connectivity index (χ0) is 19.0. The summed E-state index contributed by atoms with van der Waals surface area (Å²) in [7, 11) is -3.67. The molecule has 1 aromatic heterocycles. The number of hydrogen-bond donors (Lipinski definition) is 1. The maximum atomic E-state index is 12.9. The van der Waals surface area contributed by atoms with Crippen molar-refractivity contribution >= 4 is 21.4 Å². The van der Waals surface area contributed by atoms with Crippen LogP contribution in [0.3, 0.4) is 0 Å². The lowest BCUT2D eigenvalue weighted by molar-refractivity contribution is 0.174. The van der Waals surface area contributed by atoms with Crippen LogP contribution >= 0.6 is 11.3 Å². The van der Waals surface area contributed by atoms with Gasteiger partial charge in [-0.15, -0.1) is 11.3 Å². The lowest BCUT2D eigenvalue weighted by atomic mass is 10.1. The smallest absolute Gasteiger partial charge is 0.241 e. The van der Waals surface area contributed by atoms with Crippen molar-refractivity contribution in [2.24, 2.45) is 0 Å². The van der Waals surface area contributed by atoms with Gasteiger partial charge >= 0.3 is 0 Å². The number of benzene rings is 2. The molecule has 1 aliphatic rings. The number of aryl methyl sites for hydroxylation is 2. The van der Waals surface area contributed by atoms with Crippen LogP contribution in [0.15, 0.2) is 46.7 Å². The van der Waals surface area contributed by atoms with Crippen molar-refractivity contribution in [1.29, 1.82) is 0 Å². The van der Waals surface area contributed by atoms with Crippen LogP contribution in [0.25, 0.3) is 11.3 Å². The molecule has 0 spiro atoms. The van der Waals surface area contributed by atoms with E-state index in [-0.39, 0.29) is 18.2 Å². The van der Waals surface area contributed by atoms with Crippen molar-refractivity contribution in [3.05, 3.63) is 57.9 Å². The van der Waals surface area contributed by atoms with Gasteiger partial charge < -0.3 is 9.47 Å². The number of ether oxygens (including phenoxy) is 2. The molecule has 1 aliphatic heterocycles. The van der Waals surface area contributed by atoms with Gasteiger partial charge in [-0.25, -0.2) is 18.1 Å². The van der Waals surface area contributed by atoms with Gasteiger partial charge in [0.15, 0.2) is 11.5 Å². The Labute approximate surface area is 161 Å². The minimum absolute atomic E-state index is 0.165. The van der Waals surface area contributed by atoms with Gasteiger partial charge in [-0.05, 0) is 43.2 Å². The lowest BCUT2D eigenvalue weighted by Crippen LogP contribution is -2.24. The first-order valence-electron chi connectivity index (χ1n) is 8.34. The number of hydrogen-bond acceptors (Lipinski definition) is 6. The molecule has 0 atom stereocenters. The lowest BCUT2D eigenvalue weighted by Gasteiger charge is -2.11. The molecule has 0 fully saturated rings. The van der Waals surface area contributed by atoms with Crippen LogP contribution in [0, 0.1) is 13.8 Å². The predicted octanol–water partition coefficient (Wildman–Crippen LogP) is 3.63. The largest absolute Gasteiger partial charge is 0.454 e. The normalized spacial score (nSPS) is 13.1. The second kappa shape index (κ2) is 6.95. The van der Waals surface area contributed by atoms with Crippen LogP contribution in [-0.2, 0) is 16.6 Å². The third kappa shape index (κ3) is 3.69. The summed E-state index contributed by atoms with van der Waals surface area (Å²) in [6.45, 7) is 4.06. The van der Waals surface area contributed by atoms with Gasteiger partial charge in [0.25, 0.3) is 0 Å². The van der Waals surface area contributed by atoms with Crippen LogP contribution in [0.1, 0.15) is 16.1 Å². The first kappa shape index (κ1) is 18.0. The van der Waals surface area contributed by atoms with E-state index < -0.39 is 10.0 Å². The monoisotopic (exact) mass is 402 g/mol. The minimum atomic E-state index is -3.67. The highest BCUT2D eigenvalue weighted by Crippen LogP contribution is 2.32. The van der Waals surface area contributed by atoms with Gasteiger partial charge in [0.05, 0.1) is 15.6 Å². The molecule has 0 aliphatic carbocycles. The first-order chi connectivity index (χ1) is 12.9. The number of rotatable bonds is 5. The summed E-state index contributed by atoms with van der Waals surface area (Å²) in [5, 5.41) is 2.87. The highest BCUT2D eigenvalue weighted by Gasteiger charge is 2.19. The number of aromatic nitrogens is 1. The van der Waals surface area contributed by atoms with Crippen LogP contribution in [-0.4, -0.2) is 20.2 Å². The average molecular weight is 402 g/mol. The van der Waals surface area contributed by atoms with E-state index in [0.717, 1.165) is 21.8 Å². The third-order valence-electron chi connectivity index (χ3n) is 4.30. The molecule has 0 saturated heterocycles. The maximum Gasteiger partial charge on any atom is 0.241 e. The summed E-state index contributed by atoms with van der Waals surface area (Å²) in [5.74, 6) is 1.30. The number of sulfonamides is 1. The minimum Gasteiger partial charge on any atom is -0.454 e. The fourth-order valence-corrected chi connectivity index (χ4v) is 4.76. The molecule has 0 saturated carbocycles. The number of nitrogens with one attached hydrogen (secondary N) is 1. The molecule has 140 valence electrons. The van der Waals surface area contributed by atoms with Crippen molar-refractivity contribution in [2.75, 3.05) is 6.79 Å². The highest BCUT2D eigenvalue weighted by molar-refractivity contribution is 7.89. The molecule has 8 heteroatoms. The van der Waals surface area contributed by atoms with Crippen molar-refractivity contribution in [2.45, 2.75) is 25.3 Å². The second-order valence-electron chi connectivity index (χ2n) is 6.24. The highest BCUT2D eigenvalue weighted by atomic mass is 32.2. The maximum absolute atomic E-state index is 12.9. The fraction of sp³-hybridized carbons (Fsp3) is 0.211. The Kier molecular flexibility index (Phi) is 4.63. The predicted molar refractivity (Wildman–Crippen MR) is 104 cm³/mol. The Hall–Kier alpha value is -2.42. The zero-order valence-electron chi connectivity index (χ0n) is 14.9. The second-order valence-corrected chi connectivity index (χ2v) is 9.04. The Morgan fingerprint density at radius 1 is 1.11 bits per heavy atom. The van der Waals surface area contributed by atoms with E-state index in [1.54, 1.807) is 31.2 Å². The van der Waals surface area contributed by atoms with Crippen LogP contribution in [0.2, 0.25) is 0 Å². The van der Waals surface area contributed by atoms with E-state index in [1.807, 2.05) is 24.4 Å². The van der Waals surface area contributed by atoms with Gasteiger partial charge in [0.1, 0.15) is 0 Å². The van der Waals surface area contributed by atoms with E-state index in [4.69, 9.17) is 9.47 Å². The van der Waals surface area contributed by atoms with E-state index in [9.17, 15) is 8.42 Å². The van der Waals surface area contributed by atoms with Gasteiger partial charge in [-0.3, -0.25) is 0 Å². The Morgan fingerprint density at radius 2 is 1.93 bits per heavy atom. The van der Waals surface area contributed by atoms with Gasteiger partial charge in [0, 0.05) is 17.5 Å². The van der Waals surface area contributed by atoms with Crippen molar-refractivity contribution in [3.8, 4) is 22.8 Å². The summed E-state index contributed by atoms with van der Waals surface area (Å²) in [6, 6.07) is 10.7. The average Bonchev–Trinajstić information content (AvgIpc) is 3.28. The molecule has 4 rings (SSSR count). The standard InChI is InChI=1S/C19H18N2O4S2/c1-12-3-5-15(16-10-26-13(2)21-16)8-19(12)27(22,23)20-9-14-4-6-17-18(7-14)25-11-24-17/h3-8,10,20H,9,11H2,1-2H3. The molecule has 0 unspecified atom stereocenters. The van der Waals surface area contributed by atoms with Gasteiger partial charge in [-0.2, -0.15) is 0 Å². The van der Waals surface area contributed by atoms with Crippen molar-refractivity contribution in [3.63, 3.8) is 0 Å². The topological polar surface area (TPSA) is 77.5 Å². The summed E-state index contributed by atoms with van der Waals surface area (Å²) >= 11 is 1.54. The Morgan fingerprint density at radius 3 is 2.70 bits per heavy atom. The molecule has 2 aromatic carbocycles. The molecule has 0 bridgehead atoms. The first-order valence-corrected chi connectivity index (χ1v) is 10.7. The molecule has 27 heavy (non-hydrogen) atoms. The Bertz CT molecular complexity index is 1110. The third-order valence-corrected chi connectivity index (χ3v) is 6.61. The summed E-state index contributed by atoms with van der Waals surface area (Å²) < 4.78 is 39.0. The van der Waals surface area contributed by atoms with Gasteiger partial charge in [0.2, 0.25) is 16.8 Å². The molecule has 6 nitrogen and oxygen atoms in total. The molecular weight excluding hydrogens is 384 g/mol. The Balaban J connectivity index is 1.58. The van der Waals surface area contributed by atoms with Crippen LogP contribution < -0.4 is 14.2 Å². The summed E-state index contributed by atoms with van der Waals surface area (Å²) in [4.78, 5) is 4.69. The quantitative estimate of drug-likeness (QED) is 0.705. The number of nitrogens with zero attached hydrogens (tertiary/aromatic N) is 1.